The van der Waals surface area contributed by atoms with E-state index >= 15 is 0 Å². The Labute approximate surface area is 127 Å². The molecule has 21 heavy (non-hydrogen) atoms. The topological polar surface area (TPSA) is 29.9 Å². The Balaban J connectivity index is 1.62. The van der Waals surface area contributed by atoms with Crippen molar-refractivity contribution >= 4 is 11.0 Å². The highest BCUT2D eigenvalue weighted by atomic mass is 15.1. The van der Waals surface area contributed by atoms with E-state index in [0.717, 1.165) is 37.5 Å². The maximum atomic E-state index is 4.80. The molecule has 0 saturated heterocycles. The molecule has 0 unspecified atom stereocenters. The number of aryl methyl sites for hydroxylation is 2. The van der Waals surface area contributed by atoms with Crippen LogP contribution in [-0.4, -0.2) is 22.1 Å². The van der Waals surface area contributed by atoms with Gasteiger partial charge < -0.3 is 9.88 Å². The highest BCUT2D eigenvalue weighted by molar-refractivity contribution is 5.75. The fourth-order valence-electron chi connectivity index (χ4n) is 3.46. The fraction of sp³-hybridized carbons (Fsp3) is 0.611. The molecule has 1 saturated carbocycles. The van der Waals surface area contributed by atoms with Crippen LogP contribution in [0.15, 0.2) is 24.3 Å². The molecule has 0 spiro atoms. The van der Waals surface area contributed by atoms with Gasteiger partial charge in [0.1, 0.15) is 5.82 Å². The summed E-state index contributed by atoms with van der Waals surface area (Å²) in [5, 5.41) is 3.71. The lowest BCUT2D eigenvalue weighted by Gasteiger charge is -2.13. The predicted octanol–water partition coefficient (Wildman–Crippen LogP) is 3.91. The molecule has 1 fully saturated rings. The van der Waals surface area contributed by atoms with Crippen molar-refractivity contribution < 1.29 is 0 Å². The van der Waals surface area contributed by atoms with E-state index in [9.17, 15) is 0 Å². The summed E-state index contributed by atoms with van der Waals surface area (Å²) < 4.78 is 2.43. The van der Waals surface area contributed by atoms with Crippen molar-refractivity contribution in [3.05, 3.63) is 30.1 Å². The fourth-order valence-corrected chi connectivity index (χ4v) is 3.46. The van der Waals surface area contributed by atoms with E-state index in [-0.39, 0.29) is 0 Å². The molecule has 0 atom stereocenters. The standard InChI is InChI=1S/C18H27N3/c1-2-8-18-20-16-11-5-6-12-17(16)21(18)14-7-13-19-15-9-3-4-10-15/h5-6,11-12,15,19H,2-4,7-10,13-14H2,1H3. The lowest BCUT2D eigenvalue weighted by atomic mass is 10.2. The van der Waals surface area contributed by atoms with Crippen molar-refractivity contribution in [3.8, 4) is 0 Å². The Morgan fingerprint density at radius 1 is 1.24 bits per heavy atom. The SMILES string of the molecule is CCCc1nc2ccccc2n1CCCNC1CCCC1. The van der Waals surface area contributed by atoms with Gasteiger partial charge in [0.2, 0.25) is 0 Å². The number of aromatic nitrogens is 2. The molecule has 1 N–H and O–H groups in total. The Morgan fingerprint density at radius 2 is 2.05 bits per heavy atom. The van der Waals surface area contributed by atoms with E-state index in [4.69, 9.17) is 4.98 Å². The molecule has 0 bridgehead atoms. The Bertz CT molecular complexity index is 567. The Morgan fingerprint density at radius 3 is 2.86 bits per heavy atom. The van der Waals surface area contributed by atoms with Crippen LogP contribution in [0, 0.1) is 0 Å². The van der Waals surface area contributed by atoms with Crippen LogP contribution in [0.3, 0.4) is 0 Å². The van der Waals surface area contributed by atoms with Crippen molar-refractivity contribution in [2.24, 2.45) is 0 Å². The minimum Gasteiger partial charge on any atom is -0.328 e. The van der Waals surface area contributed by atoms with Gasteiger partial charge in [-0.3, -0.25) is 0 Å². The lowest BCUT2D eigenvalue weighted by molar-refractivity contribution is 0.494. The third-order valence-electron chi connectivity index (χ3n) is 4.55. The summed E-state index contributed by atoms with van der Waals surface area (Å²) >= 11 is 0. The molecule has 0 aliphatic heterocycles. The van der Waals surface area contributed by atoms with Crippen molar-refractivity contribution in [3.63, 3.8) is 0 Å². The molecule has 1 aliphatic carbocycles. The molecule has 3 nitrogen and oxygen atoms in total. The number of imidazole rings is 1. The maximum absolute atomic E-state index is 4.80. The van der Waals surface area contributed by atoms with Gasteiger partial charge in [0, 0.05) is 19.0 Å². The van der Waals surface area contributed by atoms with Gasteiger partial charge >= 0.3 is 0 Å². The van der Waals surface area contributed by atoms with Gasteiger partial charge in [-0.15, -0.1) is 0 Å². The van der Waals surface area contributed by atoms with Crippen molar-refractivity contribution in [2.45, 2.75) is 64.5 Å². The van der Waals surface area contributed by atoms with Gasteiger partial charge in [0.15, 0.2) is 0 Å². The van der Waals surface area contributed by atoms with E-state index in [0.29, 0.717) is 0 Å². The zero-order chi connectivity index (χ0) is 14.5. The zero-order valence-corrected chi connectivity index (χ0v) is 13.1. The van der Waals surface area contributed by atoms with Gasteiger partial charge in [0.05, 0.1) is 11.0 Å². The quantitative estimate of drug-likeness (QED) is 0.782. The van der Waals surface area contributed by atoms with E-state index < -0.39 is 0 Å². The number of rotatable bonds is 7. The van der Waals surface area contributed by atoms with Gasteiger partial charge in [-0.05, 0) is 44.4 Å². The Hall–Kier alpha value is -1.35. The second-order valence-electron chi connectivity index (χ2n) is 6.21. The molecule has 3 heteroatoms. The van der Waals surface area contributed by atoms with Crippen LogP contribution in [0.4, 0.5) is 0 Å². The summed E-state index contributed by atoms with van der Waals surface area (Å²) in [6.07, 6.45) is 8.97. The summed E-state index contributed by atoms with van der Waals surface area (Å²) in [5.41, 5.74) is 2.44. The molecule has 1 heterocycles. The zero-order valence-electron chi connectivity index (χ0n) is 13.1. The molecule has 0 radical (unpaired) electrons. The van der Waals surface area contributed by atoms with Crippen LogP contribution in [0.5, 0.6) is 0 Å². The molecule has 2 aromatic rings. The minimum atomic E-state index is 0.777. The maximum Gasteiger partial charge on any atom is 0.109 e. The van der Waals surface area contributed by atoms with Crippen molar-refractivity contribution in [1.29, 1.82) is 0 Å². The van der Waals surface area contributed by atoms with E-state index in [1.807, 2.05) is 0 Å². The highest BCUT2D eigenvalue weighted by Gasteiger charge is 2.14. The molecule has 114 valence electrons. The summed E-state index contributed by atoms with van der Waals surface area (Å²) in [6, 6.07) is 9.30. The van der Waals surface area contributed by atoms with E-state index in [1.54, 1.807) is 0 Å². The van der Waals surface area contributed by atoms with Crippen LogP contribution < -0.4 is 5.32 Å². The number of nitrogens with zero attached hydrogens (tertiary/aromatic N) is 2. The average Bonchev–Trinajstić information content (AvgIpc) is 3.12. The summed E-state index contributed by atoms with van der Waals surface area (Å²) in [5.74, 6) is 1.25. The molecular weight excluding hydrogens is 258 g/mol. The molecule has 1 aliphatic rings. The summed E-state index contributed by atoms with van der Waals surface area (Å²) in [7, 11) is 0. The van der Waals surface area contributed by atoms with Crippen LogP contribution >= 0.6 is 0 Å². The van der Waals surface area contributed by atoms with Crippen molar-refractivity contribution in [1.82, 2.24) is 14.9 Å². The smallest absolute Gasteiger partial charge is 0.109 e. The third kappa shape index (κ3) is 3.46. The first-order chi connectivity index (χ1) is 10.4. The number of benzene rings is 1. The number of nitrogens with one attached hydrogen (secondary N) is 1. The van der Waals surface area contributed by atoms with Crippen LogP contribution in [0.25, 0.3) is 11.0 Å². The second kappa shape index (κ2) is 7.08. The first kappa shape index (κ1) is 14.6. The average molecular weight is 285 g/mol. The van der Waals surface area contributed by atoms with Gasteiger partial charge in [-0.1, -0.05) is 31.9 Å². The molecule has 1 aromatic carbocycles. The molecular formula is C18H27N3. The normalized spacial score (nSPS) is 16.0. The Kier molecular flexibility index (Phi) is 4.91. The largest absolute Gasteiger partial charge is 0.328 e. The van der Waals surface area contributed by atoms with Crippen molar-refractivity contribution in [2.75, 3.05) is 6.54 Å². The first-order valence-corrected chi connectivity index (χ1v) is 8.56. The number of hydrogen-bond donors (Lipinski definition) is 1. The lowest BCUT2D eigenvalue weighted by Crippen LogP contribution is -2.27. The highest BCUT2D eigenvalue weighted by Crippen LogP contribution is 2.19. The second-order valence-corrected chi connectivity index (χ2v) is 6.21. The van der Waals surface area contributed by atoms with E-state index in [1.165, 1.54) is 43.4 Å². The summed E-state index contributed by atoms with van der Waals surface area (Å²) in [6.45, 7) is 4.43. The van der Waals surface area contributed by atoms with Crippen LogP contribution in [0.1, 0.15) is 51.3 Å². The van der Waals surface area contributed by atoms with E-state index in [2.05, 4.69) is 41.1 Å². The van der Waals surface area contributed by atoms with Gasteiger partial charge in [-0.25, -0.2) is 4.98 Å². The van der Waals surface area contributed by atoms with Crippen LogP contribution in [-0.2, 0) is 13.0 Å². The molecule has 1 aromatic heterocycles. The first-order valence-electron chi connectivity index (χ1n) is 8.56. The minimum absolute atomic E-state index is 0.777. The summed E-state index contributed by atoms with van der Waals surface area (Å²) in [4.78, 5) is 4.80. The predicted molar refractivity (Wildman–Crippen MR) is 88.6 cm³/mol. The number of fused-ring (bicyclic) bond motifs is 1. The number of hydrogen-bond acceptors (Lipinski definition) is 2. The molecule has 3 rings (SSSR count). The molecule has 0 amide bonds. The van der Waals surface area contributed by atoms with Gasteiger partial charge in [-0.2, -0.15) is 0 Å². The monoisotopic (exact) mass is 285 g/mol. The third-order valence-corrected chi connectivity index (χ3v) is 4.55. The van der Waals surface area contributed by atoms with Gasteiger partial charge in [0.25, 0.3) is 0 Å². The number of para-hydroxylation sites is 2. The van der Waals surface area contributed by atoms with Crippen LogP contribution in [0.2, 0.25) is 0 Å².